The zero-order valence-electron chi connectivity index (χ0n) is 7.93. The molecule has 1 atom stereocenters. The zero-order chi connectivity index (χ0) is 10.6. The molecule has 0 fully saturated rings. The lowest BCUT2D eigenvalue weighted by Crippen LogP contribution is -2.38. The SMILES string of the molecule is CC(CON)(C(=O)O)c1ccccc1. The van der Waals surface area contributed by atoms with Gasteiger partial charge >= 0.3 is 5.97 Å². The van der Waals surface area contributed by atoms with Crippen LogP contribution in [0.15, 0.2) is 30.3 Å². The van der Waals surface area contributed by atoms with Gasteiger partial charge in [-0.3, -0.25) is 4.79 Å². The van der Waals surface area contributed by atoms with Crippen LogP contribution in [0.5, 0.6) is 0 Å². The van der Waals surface area contributed by atoms with Crippen LogP contribution in [0.25, 0.3) is 0 Å². The van der Waals surface area contributed by atoms with Gasteiger partial charge in [-0.15, -0.1) is 0 Å². The maximum atomic E-state index is 11.1. The number of nitrogens with two attached hydrogens (primary N) is 1. The molecule has 4 nitrogen and oxygen atoms in total. The molecule has 0 aromatic heterocycles. The predicted octanol–water partition coefficient (Wildman–Crippen LogP) is 0.919. The maximum absolute atomic E-state index is 11.1. The van der Waals surface area contributed by atoms with E-state index < -0.39 is 11.4 Å². The van der Waals surface area contributed by atoms with Gasteiger partial charge in [-0.2, -0.15) is 0 Å². The van der Waals surface area contributed by atoms with Gasteiger partial charge in [0, 0.05) is 0 Å². The second-order valence-corrected chi connectivity index (χ2v) is 3.31. The lowest BCUT2D eigenvalue weighted by atomic mass is 9.83. The third kappa shape index (κ3) is 1.92. The van der Waals surface area contributed by atoms with Gasteiger partial charge in [0.05, 0.1) is 6.61 Å². The summed E-state index contributed by atoms with van der Waals surface area (Å²) in [6.07, 6.45) is 0. The maximum Gasteiger partial charge on any atom is 0.316 e. The van der Waals surface area contributed by atoms with Crippen LogP contribution in [0.4, 0.5) is 0 Å². The highest BCUT2D eigenvalue weighted by atomic mass is 16.6. The van der Waals surface area contributed by atoms with Crippen molar-refractivity contribution in [1.82, 2.24) is 0 Å². The van der Waals surface area contributed by atoms with Gasteiger partial charge in [-0.25, -0.2) is 5.90 Å². The lowest BCUT2D eigenvalue weighted by Gasteiger charge is -2.23. The molecule has 0 bridgehead atoms. The van der Waals surface area contributed by atoms with E-state index >= 15 is 0 Å². The summed E-state index contributed by atoms with van der Waals surface area (Å²) in [5.41, 5.74) is -0.409. The fraction of sp³-hybridized carbons (Fsp3) is 0.300. The number of carboxylic acid groups (broad SMARTS) is 1. The van der Waals surface area contributed by atoms with Crippen LogP contribution in [0, 0.1) is 0 Å². The summed E-state index contributed by atoms with van der Waals surface area (Å²) in [6.45, 7) is 1.53. The van der Waals surface area contributed by atoms with Gasteiger partial charge in [0.1, 0.15) is 5.41 Å². The average Bonchev–Trinajstić information content (AvgIpc) is 2.19. The van der Waals surface area contributed by atoms with Gasteiger partial charge < -0.3 is 9.94 Å². The van der Waals surface area contributed by atoms with Crippen LogP contribution in [-0.2, 0) is 15.0 Å². The number of carbonyl (C=O) groups is 1. The summed E-state index contributed by atoms with van der Waals surface area (Å²) in [7, 11) is 0. The number of carboxylic acids is 1. The van der Waals surface area contributed by atoms with Crippen molar-refractivity contribution in [3.05, 3.63) is 35.9 Å². The number of hydrogen-bond donors (Lipinski definition) is 2. The number of aliphatic carboxylic acids is 1. The number of hydrogen-bond acceptors (Lipinski definition) is 3. The van der Waals surface area contributed by atoms with Gasteiger partial charge in [0.25, 0.3) is 0 Å². The third-order valence-corrected chi connectivity index (χ3v) is 2.25. The Kier molecular flexibility index (Phi) is 3.22. The van der Waals surface area contributed by atoms with Crippen molar-refractivity contribution < 1.29 is 14.7 Å². The minimum Gasteiger partial charge on any atom is -0.481 e. The van der Waals surface area contributed by atoms with Gasteiger partial charge in [0.2, 0.25) is 0 Å². The summed E-state index contributed by atoms with van der Waals surface area (Å²) >= 11 is 0. The van der Waals surface area contributed by atoms with Gasteiger partial charge in [0.15, 0.2) is 0 Å². The molecule has 0 aliphatic rings. The summed E-state index contributed by atoms with van der Waals surface area (Å²) in [5, 5.41) is 9.08. The second-order valence-electron chi connectivity index (χ2n) is 3.31. The minimum absolute atomic E-state index is 0.0493. The summed E-state index contributed by atoms with van der Waals surface area (Å²) in [6, 6.07) is 8.88. The van der Waals surface area contributed by atoms with Crippen molar-refractivity contribution in [2.24, 2.45) is 5.90 Å². The van der Waals surface area contributed by atoms with Crippen molar-refractivity contribution in [2.75, 3.05) is 6.61 Å². The molecule has 0 aliphatic heterocycles. The molecular weight excluding hydrogens is 182 g/mol. The van der Waals surface area contributed by atoms with Crippen LogP contribution in [0.1, 0.15) is 12.5 Å². The predicted molar refractivity (Wildman–Crippen MR) is 51.6 cm³/mol. The van der Waals surface area contributed by atoms with Crippen molar-refractivity contribution in [3.63, 3.8) is 0 Å². The van der Waals surface area contributed by atoms with Crippen molar-refractivity contribution >= 4 is 5.97 Å². The average molecular weight is 195 g/mol. The Morgan fingerprint density at radius 1 is 1.50 bits per heavy atom. The monoisotopic (exact) mass is 195 g/mol. The van der Waals surface area contributed by atoms with E-state index in [-0.39, 0.29) is 6.61 Å². The molecule has 14 heavy (non-hydrogen) atoms. The molecule has 3 N–H and O–H groups in total. The van der Waals surface area contributed by atoms with E-state index in [9.17, 15) is 4.79 Å². The quantitative estimate of drug-likeness (QED) is 0.701. The first-order chi connectivity index (χ1) is 6.61. The Labute approximate surface area is 82.3 Å². The van der Waals surface area contributed by atoms with E-state index in [4.69, 9.17) is 11.0 Å². The highest BCUT2D eigenvalue weighted by molar-refractivity contribution is 5.81. The van der Waals surface area contributed by atoms with Crippen LogP contribution >= 0.6 is 0 Å². The molecule has 0 spiro atoms. The molecule has 0 heterocycles. The van der Waals surface area contributed by atoms with E-state index in [0.29, 0.717) is 5.56 Å². The Morgan fingerprint density at radius 3 is 2.50 bits per heavy atom. The second kappa shape index (κ2) is 4.21. The molecule has 1 aromatic rings. The molecule has 1 unspecified atom stereocenters. The molecule has 1 rings (SSSR count). The van der Waals surface area contributed by atoms with Crippen molar-refractivity contribution in [2.45, 2.75) is 12.3 Å². The molecule has 1 aromatic carbocycles. The number of benzene rings is 1. The first-order valence-electron chi connectivity index (χ1n) is 4.22. The molecule has 76 valence electrons. The normalized spacial score (nSPS) is 14.7. The molecule has 0 saturated heterocycles. The smallest absolute Gasteiger partial charge is 0.316 e. The van der Waals surface area contributed by atoms with Crippen molar-refractivity contribution in [3.8, 4) is 0 Å². The first kappa shape index (κ1) is 10.7. The number of rotatable bonds is 4. The standard InChI is InChI=1S/C10H13NO3/c1-10(7-14-11,9(12)13)8-5-3-2-4-6-8/h2-6H,7,11H2,1H3,(H,12,13). The highest BCUT2D eigenvalue weighted by Gasteiger charge is 2.35. The fourth-order valence-electron chi connectivity index (χ4n) is 1.24. The summed E-state index contributed by atoms with van der Waals surface area (Å²) in [4.78, 5) is 15.5. The molecular formula is C10H13NO3. The summed E-state index contributed by atoms with van der Waals surface area (Å²) < 4.78 is 0. The Hall–Kier alpha value is -1.39. The zero-order valence-corrected chi connectivity index (χ0v) is 7.93. The van der Waals surface area contributed by atoms with E-state index in [2.05, 4.69) is 4.84 Å². The third-order valence-electron chi connectivity index (χ3n) is 2.25. The van der Waals surface area contributed by atoms with E-state index in [1.165, 1.54) is 0 Å². The molecule has 0 aliphatic carbocycles. The Balaban J connectivity index is 3.06. The fourth-order valence-corrected chi connectivity index (χ4v) is 1.24. The summed E-state index contributed by atoms with van der Waals surface area (Å²) in [5.74, 6) is 3.98. The van der Waals surface area contributed by atoms with Crippen LogP contribution in [0.2, 0.25) is 0 Å². The molecule has 0 radical (unpaired) electrons. The van der Waals surface area contributed by atoms with E-state index in [0.717, 1.165) is 0 Å². The molecule has 4 heteroatoms. The molecule has 0 amide bonds. The van der Waals surface area contributed by atoms with Crippen LogP contribution < -0.4 is 5.90 Å². The van der Waals surface area contributed by atoms with Crippen LogP contribution in [0.3, 0.4) is 0 Å². The van der Waals surface area contributed by atoms with E-state index in [1.54, 1.807) is 31.2 Å². The topological polar surface area (TPSA) is 72.5 Å². The lowest BCUT2D eigenvalue weighted by molar-refractivity contribution is -0.145. The van der Waals surface area contributed by atoms with E-state index in [1.807, 2.05) is 6.07 Å². The Bertz CT molecular complexity index is 312. The van der Waals surface area contributed by atoms with Crippen molar-refractivity contribution in [1.29, 1.82) is 0 Å². The highest BCUT2D eigenvalue weighted by Crippen LogP contribution is 2.23. The van der Waals surface area contributed by atoms with Crippen LogP contribution in [-0.4, -0.2) is 17.7 Å². The first-order valence-corrected chi connectivity index (χ1v) is 4.22. The minimum atomic E-state index is -1.09. The molecule has 0 saturated carbocycles. The Morgan fingerprint density at radius 2 is 2.07 bits per heavy atom. The largest absolute Gasteiger partial charge is 0.481 e. The van der Waals surface area contributed by atoms with Gasteiger partial charge in [-0.05, 0) is 12.5 Å². The van der Waals surface area contributed by atoms with Gasteiger partial charge in [-0.1, -0.05) is 30.3 Å².